The van der Waals surface area contributed by atoms with E-state index in [9.17, 15) is 32.2 Å². The molecule has 0 bridgehead atoms. The van der Waals surface area contributed by atoms with E-state index in [1.807, 2.05) is 42.5 Å². The van der Waals surface area contributed by atoms with Crippen LogP contribution in [-0.2, 0) is 13.0 Å². The number of ether oxygens (including phenoxy) is 1. The lowest BCUT2D eigenvalue weighted by Gasteiger charge is -2.47. The third-order valence-electron chi connectivity index (χ3n) is 8.59. The van der Waals surface area contributed by atoms with Gasteiger partial charge in [0.15, 0.2) is 0 Å². The number of aliphatic hydroxyl groups excluding tert-OH is 1. The Labute approximate surface area is 269 Å². The number of nitrogens with zero attached hydrogens (tertiary/aromatic N) is 1. The Kier molecular flexibility index (Phi) is 11.2. The van der Waals surface area contributed by atoms with Crippen molar-refractivity contribution in [1.82, 2.24) is 10.6 Å². The van der Waals surface area contributed by atoms with Gasteiger partial charge in [0.05, 0.1) is 23.6 Å². The SMILES string of the molecule is O=C(NC(Cc1ccccc1)C(O)CNCc1cccc(OC(F)(F)F)c1)c1cc(C2CCCC2)cc(N2CCCCS2(O)O)c1. The minimum atomic E-state index is -4.79. The van der Waals surface area contributed by atoms with Crippen LogP contribution in [0, 0.1) is 0 Å². The zero-order chi connectivity index (χ0) is 32.7. The van der Waals surface area contributed by atoms with Gasteiger partial charge in [0.25, 0.3) is 5.91 Å². The zero-order valence-corrected chi connectivity index (χ0v) is 26.4. The quantitative estimate of drug-likeness (QED) is 0.142. The van der Waals surface area contributed by atoms with Gasteiger partial charge in [-0.3, -0.25) is 18.2 Å². The summed E-state index contributed by atoms with van der Waals surface area (Å²) in [7, 11) is -2.99. The van der Waals surface area contributed by atoms with Crippen LogP contribution in [-0.4, -0.2) is 57.5 Å². The number of hydrogen-bond acceptors (Lipinski definition) is 7. The van der Waals surface area contributed by atoms with E-state index in [0.29, 0.717) is 35.5 Å². The van der Waals surface area contributed by atoms with Crippen molar-refractivity contribution in [3.63, 3.8) is 0 Å². The Hall–Kier alpha value is -3.29. The van der Waals surface area contributed by atoms with Gasteiger partial charge in [-0.2, -0.15) is 0 Å². The average molecular weight is 662 g/mol. The molecule has 3 aromatic carbocycles. The summed E-state index contributed by atoms with van der Waals surface area (Å²) in [4.78, 5) is 13.9. The molecule has 1 saturated carbocycles. The van der Waals surface area contributed by atoms with Crippen LogP contribution >= 0.6 is 10.8 Å². The molecule has 1 aliphatic carbocycles. The minimum absolute atomic E-state index is 0.0597. The van der Waals surface area contributed by atoms with E-state index in [4.69, 9.17) is 0 Å². The molecule has 0 aromatic heterocycles. The predicted molar refractivity (Wildman–Crippen MR) is 174 cm³/mol. The second-order valence-corrected chi connectivity index (χ2v) is 14.2. The van der Waals surface area contributed by atoms with Gasteiger partial charge in [-0.15, -0.1) is 23.9 Å². The number of halogens is 3. The number of carbonyl (C=O) groups excluding carboxylic acids is 1. The maximum Gasteiger partial charge on any atom is 0.573 e. The van der Waals surface area contributed by atoms with E-state index in [2.05, 4.69) is 15.4 Å². The molecule has 2 aliphatic rings. The lowest BCUT2D eigenvalue weighted by molar-refractivity contribution is -0.274. The molecule has 5 rings (SSSR count). The molecular weight excluding hydrogens is 619 g/mol. The second-order valence-electron chi connectivity index (χ2n) is 12.1. The second kappa shape index (κ2) is 15.1. The fraction of sp³-hybridized carbons (Fsp3) is 0.441. The van der Waals surface area contributed by atoms with E-state index in [1.54, 1.807) is 16.4 Å². The topological polar surface area (TPSA) is 114 Å². The molecule has 1 amide bonds. The highest BCUT2D eigenvalue weighted by Crippen LogP contribution is 2.50. The molecule has 5 N–H and O–H groups in total. The smallest absolute Gasteiger partial charge is 0.406 e. The first-order valence-electron chi connectivity index (χ1n) is 15.7. The highest BCUT2D eigenvalue weighted by atomic mass is 32.3. The predicted octanol–water partition coefficient (Wildman–Crippen LogP) is 7.00. The molecule has 0 radical (unpaired) electrons. The Morgan fingerprint density at radius 3 is 2.41 bits per heavy atom. The fourth-order valence-electron chi connectivity index (χ4n) is 6.27. The first-order chi connectivity index (χ1) is 22.0. The van der Waals surface area contributed by atoms with Crippen LogP contribution in [0.1, 0.15) is 71.5 Å². The van der Waals surface area contributed by atoms with E-state index < -0.39 is 29.3 Å². The van der Waals surface area contributed by atoms with Gasteiger partial charge in [-0.25, -0.2) is 0 Å². The average Bonchev–Trinajstić information content (AvgIpc) is 3.56. The molecule has 0 spiro atoms. The van der Waals surface area contributed by atoms with E-state index in [1.165, 1.54) is 18.2 Å². The van der Waals surface area contributed by atoms with Crippen LogP contribution in [0.25, 0.3) is 0 Å². The van der Waals surface area contributed by atoms with Crippen LogP contribution in [0.15, 0.2) is 72.8 Å². The summed E-state index contributed by atoms with van der Waals surface area (Å²) in [6.07, 6.45) is 0.284. The van der Waals surface area contributed by atoms with Crippen molar-refractivity contribution in [3.8, 4) is 5.75 Å². The first-order valence-corrected chi connectivity index (χ1v) is 17.4. The number of anilines is 1. The molecule has 2 atom stereocenters. The fourth-order valence-corrected chi connectivity index (χ4v) is 7.95. The molecule has 1 saturated heterocycles. The van der Waals surface area contributed by atoms with Crippen LogP contribution < -0.4 is 19.7 Å². The van der Waals surface area contributed by atoms with Crippen molar-refractivity contribution in [2.75, 3.05) is 23.1 Å². The van der Waals surface area contributed by atoms with Crippen molar-refractivity contribution in [1.29, 1.82) is 0 Å². The van der Waals surface area contributed by atoms with Gasteiger partial charge in [0.2, 0.25) is 0 Å². The molecule has 2 unspecified atom stereocenters. The van der Waals surface area contributed by atoms with Crippen LogP contribution in [0.5, 0.6) is 5.75 Å². The van der Waals surface area contributed by atoms with Crippen LogP contribution in [0.4, 0.5) is 18.9 Å². The van der Waals surface area contributed by atoms with E-state index >= 15 is 0 Å². The molecule has 250 valence electrons. The molecule has 1 aliphatic heterocycles. The van der Waals surface area contributed by atoms with E-state index in [0.717, 1.165) is 49.7 Å². The summed E-state index contributed by atoms with van der Waals surface area (Å²) in [6.45, 7) is 0.723. The molecule has 2 fully saturated rings. The van der Waals surface area contributed by atoms with Crippen molar-refractivity contribution >= 4 is 22.4 Å². The molecular formula is C34H42F3N3O5S. The van der Waals surface area contributed by atoms with Crippen LogP contribution in [0.3, 0.4) is 0 Å². The maximum atomic E-state index is 13.9. The first kappa shape index (κ1) is 34.1. The monoisotopic (exact) mass is 661 g/mol. The molecule has 12 heteroatoms. The number of rotatable bonds is 12. The largest absolute Gasteiger partial charge is 0.573 e. The number of carbonyl (C=O) groups is 1. The Morgan fingerprint density at radius 2 is 1.70 bits per heavy atom. The summed E-state index contributed by atoms with van der Waals surface area (Å²) in [5, 5.41) is 17.4. The number of nitrogens with one attached hydrogen (secondary N) is 2. The molecule has 3 aromatic rings. The molecule has 46 heavy (non-hydrogen) atoms. The summed E-state index contributed by atoms with van der Waals surface area (Å²) in [5.74, 6) is -0.133. The van der Waals surface area contributed by atoms with Gasteiger partial charge in [-0.05, 0) is 85.0 Å². The number of benzene rings is 3. The normalized spacial score (nSPS) is 19.0. The third-order valence-corrected chi connectivity index (χ3v) is 10.5. The third kappa shape index (κ3) is 9.38. The van der Waals surface area contributed by atoms with Crippen LogP contribution in [0.2, 0.25) is 0 Å². The van der Waals surface area contributed by atoms with Crippen molar-refractivity contribution < 1.29 is 36.9 Å². The lowest BCUT2D eigenvalue weighted by Crippen LogP contribution is -2.48. The van der Waals surface area contributed by atoms with Gasteiger partial charge >= 0.3 is 6.36 Å². The van der Waals surface area contributed by atoms with Gasteiger partial charge in [0.1, 0.15) is 5.75 Å². The van der Waals surface area contributed by atoms with Crippen molar-refractivity contribution in [2.45, 2.75) is 75.9 Å². The van der Waals surface area contributed by atoms with Gasteiger partial charge < -0.3 is 20.5 Å². The minimum Gasteiger partial charge on any atom is -0.406 e. The molecule has 8 nitrogen and oxygen atoms in total. The van der Waals surface area contributed by atoms with Crippen molar-refractivity contribution in [3.05, 3.63) is 95.1 Å². The Bertz CT molecular complexity index is 1450. The Morgan fingerprint density at radius 1 is 0.957 bits per heavy atom. The Balaban J connectivity index is 1.33. The molecule has 1 heterocycles. The number of hydrogen-bond donors (Lipinski definition) is 5. The maximum absolute atomic E-state index is 13.9. The lowest BCUT2D eigenvalue weighted by atomic mass is 9.94. The highest BCUT2D eigenvalue weighted by Gasteiger charge is 2.32. The summed E-state index contributed by atoms with van der Waals surface area (Å²) in [5.41, 5.74) is 3.45. The standard InChI is InChI=1S/C34H42F3N3O5S/c35-34(36,37)45-30-14-8-11-25(17-30)22-38-23-32(41)31(18-24-9-2-1-3-10-24)39-33(42)28-19-27(26-12-4-5-13-26)20-29(21-28)40-15-6-7-16-46(40,43)44/h1-3,8-11,14,17,19-21,26,31-32,38,41,43-44H,4-7,12-13,15-16,18,22-23H2,(H,39,42). The summed E-state index contributed by atoms with van der Waals surface area (Å²) in [6, 6.07) is 19.9. The zero-order valence-electron chi connectivity index (χ0n) is 25.6. The summed E-state index contributed by atoms with van der Waals surface area (Å²) >= 11 is 0. The van der Waals surface area contributed by atoms with E-state index in [-0.39, 0.29) is 30.7 Å². The van der Waals surface area contributed by atoms with Crippen molar-refractivity contribution in [2.24, 2.45) is 0 Å². The number of amides is 1. The number of aliphatic hydroxyl groups is 1. The number of alkyl halides is 3. The van der Waals surface area contributed by atoms with Gasteiger partial charge in [-0.1, -0.05) is 55.3 Å². The van der Waals surface area contributed by atoms with Gasteiger partial charge in [0, 0.05) is 25.2 Å². The summed E-state index contributed by atoms with van der Waals surface area (Å²) < 4.78 is 65.3. The highest BCUT2D eigenvalue weighted by molar-refractivity contribution is 8.25.